The Labute approximate surface area is 178 Å². The zero-order valence-electron chi connectivity index (χ0n) is 16.8. The van der Waals surface area contributed by atoms with Crippen molar-refractivity contribution in [2.75, 3.05) is 10.6 Å². The van der Waals surface area contributed by atoms with Gasteiger partial charge in [-0.1, -0.05) is 6.07 Å². The Morgan fingerprint density at radius 1 is 1.03 bits per heavy atom. The predicted molar refractivity (Wildman–Crippen MR) is 120 cm³/mol. The van der Waals surface area contributed by atoms with Crippen molar-refractivity contribution in [2.24, 2.45) is 12.2 Å². The van der Waals surface area contributed by atoms with Crippen LogP contribution in [0.4, 0.5) is 23.1 Å². The number of rotatable bonds is 5. The average Bonchev–Trinajstić information content (AvgIpc) is 2.70. The van der Waals surface area contributed by atoms with E-state index in [9.17, 15) is 13.2 Å². The Balaban J connectivity index is 1.84. The highest BCUT2D eigenvalue weighted by atomic mass is 32.2. The number of nitrogens with two attached hydrogens (primary N) is 1. The number of aromatic nitrogens is 3. The summed E-state index contributed by atoms with van der Waals surface area (Å²) in [6.45, 7) is 1.95. The number of primary sulfonamides is 1. The van der Waals surface area contributed by atoms with Crippen molar-refractivity contribution < 1.29 is 8.42 Å². The highest BCUT2D eigenvalue weighted by Crippen LogP contribution is 2.27. The summed E-state index contributed by atoms with van der Waals surface area (Å²) in [5.74, 6) is 1.36. The van der Waals surface area contributed by atoms with Crippen molar-refractivity contribution in [3.63, 3.8) is 0 Å². The van der Waals surface area contributed by atoms with Crippen LogP contribution >= 0.6 is 0 Å². The molecule has 0 atom stereocenters. The van der Waals surface area contributed by atoms with Crippen LogP contribution in [-0.2, 0) is 17.1 Å². The van der Waals surface area contributed by atoms with Crippen LogP contribution in [0.3, 0.4) is 0 Å². The van der Waals surface area contributed by atoms with E-state index in [1.165, 1.54) is 16.7 Å². The van der Waals surface area contributed by atoms with Gasteiger partial charge in [-0.3, -0.25) is 4.79 Å². The van der Waals surface area contributed by atoms with Gasteiger partial charge in [0, 0.05) is 25.1 Å². The molecule has 3 aromatic heterocycles. The van der Waals surface area contributed by atoms with E-state index >= 15 is 0 Å². The molecule has 0 aliphatic heterocycles. The molecule has 158 valence electrons. The predicted octanol–water partition coefficient (Wildman–Crippen LogP) is 2.77. The number of hydrogen-bond donors (Lipinski definition) is 3. The Morgan fingerprint density at radius 2 is 1.84 bits per heavy atom. The van der Waals surface area contributed by atoms with E-state index in [4.69, 9.17) is 5.14 Å². The second-order valence-corrected chi connectivity index (χ2v) is 8.65. The van der Waals surface area contributed by atoms with Gasteiger partial charge < -0.3 is 15.2 Å². The van der Waals surface area contributed by atoms with Crippen molar-refractivity contribution in [1.29, 1.82) is 0 Å². The molecule has 0 saturated heterocycles. The summed E-state index contributed by atoms with van der Waals surface area (Å²) < 4.78 is 24.8. The van der Waals surface area contributed by atoms with Gasteiger partial charge in [-0.15, -0.1) is 0 Å². The summed E-state index contributed by atoms with van der Waals surface area (Å²) in [4.78, 5) is 21.6. The average molecular weight is 436 g/mol. The Hall–Kier alpha value is -3.76. The number of benzene rings is 1. The first-order valence-electron chi connectivity index (χ1n) is 9.31. The highest BCUT2D eigenvalue weighted by Gasteiger charge is 2.14. The largest absolute Gasteiger partial charge is 0.339 e. The fourth-order valence-electron chi connectivity index (χ4n) is 3.13. The summed E-state index contributed by atoms with van der Waals surface area (Å²) in [6, 6.07) is 13.3. The molecule has 4 rings (SSSR count). The lowest BCUT2D eigenvalue weighted by Gasteiger charge is -2.13. The van der Waals surface area contributed by atoms with Gasteiger partial charge >= 0.3 is 0 Å². The van der Waals surface area contributed by atoms with Crippen molar-refractivity contribution in [2.45, 2.75) is 11.8 Å². The maximum atomic E-state index is 12.8. The third-order valence-corrected chi connectivity index (χ3v) is 5.57. The van der Waals surface area contributed by atoms with Crippen LogP contribution in [0, 0.1) is 6.92 Å². The van der Waals surface area contributed by atoms with Crippen LogP contribution in [0.15, 0.2) is 70.6 Å². The van der Waals surface area contributed by atoms with Crippen molar-refractivity contribution in [3.05, 3.63) is 76.8 Å². The quantitative estimate of drug-likeness (QED) is 0.438. The van der Waals surface area contributed by atoms with Crippen molar-refractivity contribution in [3.8, 4) is 0 Å². The number of hydrogen-bond acceptors (Lipinski definition) is 7. The van der Waals surface area contributed by atoms with E-state index in [2.05, 4.69) is 20.6 Å². The minimum atomic E-state index is -3.87. The summed E-state index contributed by atoms with van der Waals surface area (Å²) in [5.41, 5.74) is 1.22. The van der Waals surface area contributed by atoms with Gasteiger partial charge in [-0.05, 0) is 60.3 Å². The van der Waals surface area contributed by atoms with Gasteiger partial charge in [0.1, 0.15) is 17.5 Å². The Bertz CT molecular complexity index is 1460. The molecule has 0 fully saturated rings. The topological polar surface area (TPSA) is 132 Å². The molecule has 31 heavy (non-hydrogen) atoms. The summed E-state index contributed by atoms with van der Waals surface area (Å²) >= 11 is 0. The molecular formula is C21H20N6O3S. The number of nitrogens with one attached hydrogen (secondary N) is 2. The van der Waals surface area contributed by atoms with Crippen LogP contribution in [-0.4, -0.2) is 23.0 Å². The Kier molecular flexibility index (Phi) is 5.17. The summed E-state index contributed by atoms with van der Waals surface area (Å²) in [5, 5.41) is 12.5. The van der Waals surface area contributed by atoms with E-state index < -0.39 is 10.0 Å². The molecule has 0 spiro atoms. The van der Waals surface area contributed by atoms with Gasteiger partial charge in [0.05, 0.1) is 10.3 Å². The Morgan fingerprint density at radius 3 is 2.58 bits per heavy atom. The molecule has 4 aromatic rings. The summed E-state index contributed by atoms with van der Waals surface area (Å²) in [6.07, 6.45) is 3.36. The van der Waals surface area contributed by atoms with E-state index in [-0.39, 0.29) is 16.3 Å². The van der Waals surface area contributed by atoms with Gasteiger partial charge in [-0.25, -0.2) is 23.5 Å². The number of anilines is 4. The van der Waals surface area contributed by atoms with E-state index in [1.54, 1.807) is 43.7 Å². The zero-order chi connectivity index (χ0) is 22.2. The van der Waals surface area contributed by atoms with Crippen LogP contribution in [0.2, 0.25) is 0 Å². The fourth-order valence-corrected chi connectivity index (χ4v) is 3.69. The second kappa shape index (κ2) is 7.82. The van der Waals surface area contributed by atoms with Gasteiger partial charge in [0.15, 0.2) is 0 Å². The molecule has 1 aromatic carbocycles. The minimum absolute atomic E-state index is 0.0482. The minimum Gasteiger partial charge on any atom is -0.339 e. The summed E-state index contributed by atoms with van der Waals surface area (Å²) in [7, 11) is -2.23. The van der Waals surface area contributed by atoms with E-state index in [0.29, 0.717) is 28.1 Å². The van der Waals surface area contributed by atoms with Crippen LogP contribution in [0.5, 0.6) is 0 Å². The molecule has 4 N–H and O–H groups in total. The van der Waals surface area contributed by atoms with Gasteiger partial charge in [0.2, 0.25) is 10.0 Å². The molecule has 0 bridgehead atoms. The maximum absolute atomic E-state index is 12.8. The smallest absolute Gasteiger partial charge is 0.261 e. The van der Waals surface area contributed by atoms with E-state index in [0.717, 1.165) is 5.56 Å². The number of fused-ring (bicyclic) bond motifs is 1. The maximum Gasteiger partial charge on any atom is 0.261 e. The molecule has 0 amide bonds. The molecular weight excluding hydrogens is 416 g/mol. The first-order valence-corrected chi connectivity index (χ1v) is 10.9. The molecule has 9 nitrogen and oxygen atoms in total. The molecule has 0 aliphatic rings. The van der Waals surface area contributed by atoms with Crippen LogP contribution in [0.1, 0.15) is 5.56 Å². The monoisotopic (exact) mass is 436 g/mol. The number of aryl methyl sites for hydroxylation is 2. The lowest BCUT2D eigenvalue weighted by molar-refractivity contribution is 0.598. The molecule has 0 aliphatic carbocycles. The van der Waals surface area contributed by atoms with Crippen LogP contribution < -0.4 is 21.3 Å². The molecule has 0 unspecified atom stereocenters. The van der Waals surface area contributed by atoms with E-state index in [1.807, 2.05) is 19.1 Å². The van der Waals surface area contributed by atoms with Crippen molar-refractivity contribution in [1.82, 2.24) is 14.5 Å². The first-order chi connectivity index (χ1) is 14.7. The molecule has 0 radical (unpaired) electrons. The third-order valence-electron chi connectivity index (χ3n) is 4.66. The molecule has 10 heteroatoms. The molecule has 3 heterocycles. The first kappa shape index (κ1) is 20.5. The standard InChI is InChI=1S/C21H20N6O3S/c1-13-6-8-23-17(10-13)25-18-11-14-7-9-27(2)21(28)19(14)20(26-18)24-15-4-3-5-16(12-15)31(22,29)30/h3-12H,1-2H3,(H2,22,29,30)(H2,23,24,25,26). The lowest BCUT2D eigenvalue weighted by atomic mass is 10.2. The van der Waals surface area contributed by atoms with Gasteiger partial charge in [-0.2, -0.15) is 0 Å². The van der Waals surface area contributed by atoms with Gasteiger partial charge in [0.25, 0.3) is 5.56 Å². The lowest BCUT2D eigenvalue weighted by Crippen LogP contribution is -2.17. The second-order valence-electron chi connectivity index (χ2n) is 7.09. The normalized spacial score (nSPS) is 11.5. The number of pyridine rings is 3. The SMILES string of the molecule is Cc1ccnc(Nc2cc3ccn(C)c(=O)c3c(Nc3cccc(S(N)(=O)=O)c3)n2)c1. The number of sulfonamides is 1. The third kappa shape index (κ3) is 4.39. The van der Waals surface area contributed by atoms with Crippen molar-refractivity contribution >= 4 is 43.9 Å². The highest BCUT2D eigenvalue weighted by molar-refractivity contribution is 7.89. The fraction of sp³-hybridized carbons (Fsp3) is 0.0952. The zero-order valence-corrected chi connectivity index (χ0v) is 17.6. The molecule has 0 saturated carbocycles. The van der Waals surface area contributed by atoms with Crippen LogP contribution in [0.25, 0.3) is 10.8 Å². The number of nitrogens with zero attached hydrogens (tertiary/aromatic N) is 3.